The van der Waals surface area contributed by atoms with Crippen LogP contribution in [0.15, 0.2) is 60.7 Å². The molecule has 3 aromatic carbocycles. The number of methoxy groups -OCH3 is 1. The maximum Gasteiger partial charge on any atom is 0.238 e. The Balaban J connectivity index is 1.64. The molecule has 0 aliphatic carbocycles. The number of likely N-dealkylation sites (tertiary alicyclic amines) is 2. The molecule has 0 saturated carbocycles. The molecule has 1 unspecified atom stereocenters. The summed E-state index contributed by atoms with van der Waals surface area (Å²) in [6.07, 6.45) is 1.14. The number of hydrogen-bond donors (Lipinski definition) is 2. The van der Waals surface area contributed by atoms with E-state index in [1.54, 1.807) is 24.1 Å². The van der Waals surface area contributed by atoms with Gasteiger partial charge >= 0.3 is 0 Å². The maximum atomic E-state index is 16.0. The highest BCUT2D eigenvalue weighted by Crippen LogP contribution is 2.52. The van der Waals surface area contributed by atoms with Gasteiger partial charge < -0.3 is 20.7 Å². The van der Waals surface area contributed by atoms with Crippen LogP contribution in [-0.4, -0.2) is 59.9 Å². The van der Waals surface area contributed by atoms with Crippen LogP contribution in [-0.2, 0) is 21.7 Å². The molecule has 2 aliphatic rings. The van der Waals surface area contributed by atoms with E-state index in [2.05, 4.69) is 5.32 Å². The van der Waals surface area contributed by atoms with Crippen molar-refractivity contribution >= 4 is 35.0 Å². The molecule has 0 bridgehead atoms. The number of carbonyl (C=O) groups is 2. The molecule has 0 radical (unpaired) electrons. The van der Waals surface area contributed by atoms with Crippen molar-refractivity contribution in [2.75, 3.05) is 20.2 Å². The van der Waals surface area contributed by atoms with Crippen LogP contribution in [0.1, 0.15) is 49.3 Å². The Morgan fingerprint density at radius 1 is 1.07 bits per heavy atom. The first kappa shape index (κ1) is 32.2. The monoisotopic (exact) mass is 644 g/mol. The molecule has 3 N–H and O–H groups in total. The molecule has 44 heavy (non-hydrogen) atoms. The number of rotatable bonds is 7. The Labute approximate surface area is 266 Å². The number of ether oxygens (including phenoxy) is 1. The minimum atomic E-state index is -1.58. The van der Waals surface area contributed by atoms with Gasteiger partial charge in [0.2, 0.25) is 11.8 Å². The highest BCUT2D eigenvalue weighted by atomic mass is 35.5. The zero-order valence-electron chi connectivity index (χ0n) is 24.8. The molecule has 11 heteroatoms. The summed E-state index contributed by atoms with van der Waals surface area (Å²) in [6, 6.07) is 14.3. The second-order valence-electron chi connectivity index (χ2n) is 11.6. The van der Waals surface area contributed by atoms with Gasteiger partial charge in [0, 0.05) is 55.1 Å². The van der Waals surface area contributed by atoms with Gasteiger partial charge in [-0.3, -0.25) is 14.5 Å². The molecule has 2 amide bonds. The van der Waals surface area contributed by atoms with Crippen molar-refractivity contribution in [3.63, 3.8) is 0 Å². The molecular weight excluding hydrogens is 609 g/mol. The Bertz CT molecular complexity index is 1550. The topological polar surface area (TPSA) is 87.9 Å². The largest absolute Gasteiger partial charge is 0.497 e. The lowest BCUT2D eigenvalue weighted by Crippen LogP contribution is -2.52. The molecule has 0 spiro atoms. The number of hydrogen-bond acceptors (Lipinski definition) is 5. The van der Waals surface area contributed by atoms with Gasteiger partial charge in [0.05, 0.1) is 23.7 Å². The van der Waals surface area contributed by atoms with Gasteiger partial charge in [-0.15, -0.1) is 0 Å². The molecule has 2 heterocycles. The fourth-order valence-corrected chi connectivity index (χ4v) is 7.13. The van der Waals surface area contributed by atoms with Crippen molar-refractivity contribution < 1.29 is 23.1 Å². The van der Waals surface area contributed by atoms with E-state index in [0.717, 1.165) is 5.56 Å². The smallest absolute Gasteiger partial charge is 0.238 e. The maximum absolute atomic E-state index is 16.0. The predicted octanol–water partition coefficient (Wildman–Crippen LogP) is 5.62. The first-order valence-electron chi connectivity index (χ1n) is 14.6. The molecule has 7 nitrogen and oxygen atoms in total. The number of nitrogens with one attached hydrogen (secondary N) is 1. The van der Waals surface area contributed by atoms with Crippen LogP contribution < -0.4 is 15.8 Å². The van der Waals surface area contributed by atoms with E-state index in [-0.39, 0.29) is 45.6 Å². The summed E-state index contributed by atoms with van der Waals surface area (Å²) in [7, 11) is 1.57. The van der Waals surface area contributed by atoms with Crippen LogP contribution >= 0.6 is 23.2 Å². The summed E-state index contributed by atoms with van der Waals surface area (Å²) in [4.78, 5) is 30.0. The molecule has 234 valence electrons. The Kier molecular flexibility index (Phi) is 9.51. The number of nitrogens with zero attached hydrogens (tertiary/aromatic N) is 2. The number of halogens is 4. The highest BCUT2D eigenvalue weighted by Gasteiger charge is 2.60. The zero-order chi connectivity index (χ0) is 31.8. The summed E-state index contributed by atoms with van der Waals surface area (Å²) in [6.45, 7) is 4.61. The zero-order valence-corrected chi connectivity index (χ0v) is 26.3. The second kappa shape index (κ2) is 13.0. The predicted molar refractivity (Wildman–Crippen MR) is 167 cm³/mol. The molecule has 2 fully saturated rings. The van der Waals surface area contributed by atoms with Crippen molar-refractivity contribution in [3.05, 3.63) is 99.0 Å². The number of nitrogens with two attached hydrogens (primary N) is 1. The van der Waals surface area contributed by atoms with Crippen molar-refractivity contribution in [1.82, 2.24) is 15.1 Å². The van der Waals surface area contributed by atoms with Gasteiger partial charge in [-0.25, -0.2) is 8.78 Å². The van der Waals surface area contributed by atoms with Crippen LogP contribution in [0.2, 0.25) is 10.0 Å². The standard InChI is InChI=1S/C33H36Cl2F2N4O3/c1-19-33(38,26-11-10-22(34)17-28(26)36)29(25-8-5-9-27(35)30(25)37)31(41(19)18-21-6-4-7-24(16-21)44-3)32(43)39-23-12-14-40(15-13-23)20(2)42/h4-11,16-17,19,23,29,31H,12-15,18,38H2,1-3H3,(H,39,43)/t19?,29-,31+,33-/m0/s1. The van der Waals surface area contributed by atoms with Gasteiger partial charge in [-0.05, 0) is 61.2 Å². The minimum Gasteiger partial charge on any atom is -0.497 e. The lowest BCUT2D eigenvalue weighted by Gasteiger charge is -2.37. The fraction of sp³-hybridized carbons (Fsp3) is 0.394. The van der Waals surface area contributed by atoms with Crippen molar-refractivity contribution in [2.24, 2.45) is 5.73 Å². The third-order valence-corrected chi connectivity index (χ3v) is 9.67. The second-order valence-corrected chi connectivity index (χ2v) is 12.5. The first-order chi connectivity index (χ1) is 20.9. The normalized spacial score (nSPS) is 24.4. The first-order valence-corrected chi connectivity index (χ1v) is 15.3. The van der Waals surface area contributed by atoms with Crippen LogP contribution in [0.4, 0.5) is 8.78 Å². The molecule has 2 aliphatic heterocycles. The highest BCUT2D eigenvalue weighted by molar-refractivity contribution is 6.31. The molecule has 2 saturated heterocycles. The SMILES string of the molecule is COc1cccc(CN2C(C)[C@](N)(c3ccc(Cl)cc3F)[C@@H](c3cccc(Cl)c3F)[C@@H]2C(=O)NC2CCN(C(C)=O)CC2)c1. The molecular formula is C33H36Cl2F2N4O3. The van der Waals surface area contributed by atoms with Crippen molar-refractivity contribution in [3.8, 4) is 5.75 Å². The lowest BCUT2D eigenvalue weighted by molar-refractivity contribution is -0.130. The fourth-order valence-electron chi connectivity index (χ4n) is 6.79. The minimum absolute atomic E-state index is 0.0155. The van der Waals surface area contributed by atoms with E-state index < -0.39 is 35.2 Å². The third kappa shape index (κ3) is 6.03. The number of carbonyl (C=O) groups excluding carboxylic acids is 2. The summed E-state index contributed by atoms with van der Waals surface area (Å²) in [5.74, 6) is -2.17. The molecule has 4 atom stereocenters. The average Bonchev–Trinajstić information content (AvgIpc) is 3.21. The van der Waals surface area contributed by atoms with E-state index in [1.807, 2.05) is 36.1 Å². The van der Waals surface area contributed by atoms with Crippen LogP contribution in [0, 0.1) is 11.6 Å². The van der Waals surface area contributed by atoms with Crippen molar-refractivity contribution in [1.29, 1.82) is 0 Å². The molecule has 5 rings (SSSR count). The number of amides is 2. The summed E-state index contributed by atoms with van der Waals surface area (Å²) < 4.78 is 37.2. The number of piperidine rings is 1. The van der Waals surface area contributed by atoms with Crippen LogP contribution in [0.3, 0.4) is 0 Å². The Morgan fingerprint density at radius 2 is 1.77 bits per heavy atom. The number of benzene rings is 3. The van der Waals surface area contributed by atoms with E-state index in [1.165, 1.54) is 31.2 Å². The molecule has 3 aromatic rings. The summed E-state index contributed by atoms with van der Waals surface area (Å²) in [5.41, 5.74) is 6.77. The van der Waals surface area contributed by atoms with Gasteiger partial charge in [0.25, 0.3) is 0 Å². The van der Waals surface area contributed by atoms with Gasteiger partial charge in [0.15, 0.2) is 0 Å². The van der Waals surface area contributed by atoms with Gasteiger partial charge in [-0.2, -0.15) is 0 Å². The van der Waals surface area contributed by atoms with E-state index in [4.69, 9.17) is 33.7 Å². The van der Waals surface area contributed by atoms with Crippen LogP contribution in [0.25, 0.3) is 0 Å². The third-order valence-electron chi connectivity index (χ3n) is 9.15. The van der Waals surface area contributed by atoms with E-state index in [0.29, 0.717) is 31.7 Å². The van der Waals surface area contributed by atoms with E-state index >= 15 is 8.78 Å². The Morgan fingerprint density at radius 3 is 2.43 bits per heavy atom. The summed E-state index contributed by atoms with van der Waals surface area (Å²) >= 11 is 12.4. The average molecular weight is 646 g/mol. The van der Waals surface area contributed by atoms with Gasteiger partial charge in [-0.1, -0.05) is 53.5 Å². The van der Waals surface area contributed by atoms with Crippen molar-refractivity contribution in [2.45, 2.75) is 62.8 Å². The lowest BCUT2D eigenvalue weighted by atomic mass is 9.71. The summed E-state index contributed by atoms with van der Waals surface area (Å²) in [5, 5.41) is 3.21. The Hall–Kier alpha value is -3.24. The van der Waals surface area contributed by atoms with Crippen LogP contribution in [0.5, 0.6) is 5.75 Å². The molecule has 0 aromatic heterocycles. The quantitative estimate of drug-likeness (QED) is 0.349. The van der Waals surface area contributed by atoms with E-state index in [9.17, 15) is 9.59 Å². The van der Waals surface area contributed by atoms with Gasteiger partial charge in [0.1, 0.15) is 17.4 Å².